The molecule has 4 heterocycles. The molecule has 1 amide bonds. The number of carbonyl (C=O) groups excluding carboxylic acids is 1. The second kappa shape index (κ2) is 8.75. The molecule has 0 aromatic carbocycles. The SMILES string of the molecule is Cc1cc(C)c(C(=O)N2CC3(CCOCC3)C2c2cnn(CC(C)C)c2)c(OC2CCC2)n1. The van der Waals surface area contributed by atoms with E-state index in [9.17, 15) is 4.79 Å². The predicted molar refractivity (Wildman–Crippen MR) is 125 cm³/mol. The number of hydrogen-bond acceptors (Lipinski definition) is 5. The van der Waals surface area contributed by atoms with Crippen LogP contribution in [0.15, 0.2) is 18.5 Å². The van der Waals surface area contributed by atoms with Gasteiger partial charge in [-0.15, -0.1) is 0 Å². The Labute approximate surface area is 196 Å². The molecule has 33 heavy (non-hydrogen) atoms. The molecule has 1 aliphatic carbocycles. The van der Waals surface area contributed by atoms with Crippen LogP contribution in [-0.2, 0) is 11.3 Å². The highest BCUT2D eigenvalue weighted by molar-refractivity contribution is 5.98. The molecule has 0 N–H and O–H groups in total. The van der Waals surface area contributed by atoms with Crippen LogP contribution in [0.2, 0.25) is 0 Å². The van der Waals surface area contributed by atoms with Crippen molar-refractivity contribution in [2.75, 3.05) is 19.8 Å². The number of nitrogens with zero attached hydrogens (tertiary/aromatic N) is 4. The average Bonchev–Trinajstić information content (AvgIpc) is 3.15. The van der Waals surface area contributed by atoms with Gasteiger partial charge in [0.1, 0.15) is 11.7 Å². The van der Waals surface area contributed by atoms with Crippen molar-refractivity contribution in [3.05, 3.63) is 40.8 Å². The molecule has 3 aliphatic rings. The summed E-state index contributed by atoms with van der Waals surface area (Å²) in [6.07, 6.45) is 9.44. The van der Waals surface area contributed by atoms with Crippen molar-refractivity contribution >= 4 is 5.91 Å². The number of likely N-dealkylation sites (tertiary alicyclic amines) is 1. The van der Waals surface area contributed by atoms with Crippen molar-refractivity contribution in [1.29, 1.82) is 0 Å². The van der Waals surface area contributed by atoms with Crippen LogP contribution in [0, 0.1) is 25.2 Å². The first-order valence-electron chi connectivity index (χ1n) is 12.4. The zero-order valence-corrected chi connectivity index (χ0v) is 20.3. The molecule has 1 spiro atoms. The minimum absolute atomic E-state index is 0.00654. The lowest BCUT2D eigenvalue weighted by atomic mass is 9.64. The van der Waals surface area contributed by atoms with Crippen LogP contribution in [0.4, 0.5) is 0 Å². The highest BCUT2D eigenvalue weighted by atomic mass is 16.5. The third kappa shape index (κ3) is 4.16. The Kier molecular flexibility index (Phi) is 5.93. The molecule has 7 heteroatoms. The topological polar surface area (TPSA) is 69.5 Å². The Morgan fingerprint density at radius 2 is 2.03 bits per heavy atom. The van der Waals surface area contributed by atoms with E-state index in [2.05, 4.69) is 30.1 Å². The first-order valence-corrected chi connectivity index (χ1v) is 12.4. The summed E-state index contributed by atoms with van der Waals surface area (Å²) >= 11 is 0. The maximum absolute atomic E-state index is 14.0. The minimum atomic E-state index is 0.00654. The van der Waals surface area contributed by atoms with Crippen LogP contribution in [0.5, 0.6) is 5.88 Å². The Morgan fingerprint density at radius 3 is 2.70 bits per heavy atom. The second-order valence-corrected chi connectivity index (χ2v) is 10.6. The van der Waals surface area contributed by atoms with E-state index in [0.29, 0.717) is 17.4 Å². The largest absolute Gasteiger partial charge is 0.474 e. The molecule has 0 radical (unpaired) electrons. The normalized spacial score (nSPS) is 22.3. The number of rotatable bonds is 6. The zero-order chi connectivity index (χ0) is 23.2. The average molecular weight is 453 g/mol. The first-order chi connectivity index (χ1) is 15.9. The fourth-order valence-corrected chi connectivity index (χ4v) is 5.60. The summed E-state index contributed by atoms with van der Waals surface area (Å²) in [7, 11) is 0. The lowest BCUT2D eigenvalue weighted by Gasteiger charge is -2.59. The molecular formula is C26H36N4O3. The molecule has 2 saturated heterocycles. The van der Waals surface area contributed by atoms with Gasteiger partial charge in [0.15, 0.2) is 0 Å². The van der Waals surface area contributed by atoms with Crippen LogP contribution >= 0.6 is 0 Å². The summed E-state index contributed by atoms with van der Waals surface area (Å²) in [6.45, 7) is 11.5. The summed E-state index contributed by atoms with van der Waals surface area (Å²) in [5, 5.41) is 4.62. The lowest BCUT2D eigenvalue weighted by molar-refractivity contribution is -0.115. The summed E-state index contributed by atoms with van der Waals surface area (Å²) in [5.74, 6) is 1.04. The van der Waals surface area contributed by atoms with Gasteiger partial charge in [0.2, 0.25) is 5.88 Å². The van der Waals surface area contributed by atoms with Gasteiger partial charge in [-0.25, -0.2) is 4.98 Å². The fraction of sp³-hybridized carbons (Fsp3) is 0.654. The number of hydrogen-bond donors (Lipinski definition) is 0. The van der Waals surface area contributed by atoms with E-state index in [1.807, 2.05) is 35.7 Å². The van der Waals surface area contributed by atoms with Crippen molar-refractivity contribution in [3.8, 4) is 5.88 Å². The van der Waals surface area contributed by atoms with Crippen LogP contribution < -0.4 is 4.74 Å². The van der Waals surface area contributed by atoms with Crippen LogP contribution in [-0.4, -0.2) is 51.4 Å². The molecule has 1 unspecified atom stereocenters. The number of ether oxygens (including phenoxy) is 2. The zero-order valence-electron chi connectivity index (χ0n) is 20.3. The maximum Gasteiger partial charge on any atom is 0.260 e. The van der Waals surface area contributed by atoms with E-state index in [1.165, 1.54) is 6.42 Å². The van der Waals surface area contributed by atoms with Gasteiger partial charge in [-0.05, 0) is 63.5 Å². The van der Waals surface area contributed by atoms with Gasteiger partial charge in [-0.2, -0.15) is 5.10 Å². The quantitative estimate of drug-likeness (QED) is 0.647. The number of pyridine rings is 1. The Hall–Kier alpha value is -2.41. The van der Waals surface area contributed by atoms with Gasteiger partial charge in [0, 0.05) is 49.2 Å². The van der Waals surface area contributed by atoms with E-state index < -0.39 is 0 Å². The monoisotopic (exact) mass is 452 g/mol. The van der Waals surface area contributed by atoms with Gasteiger partial charge < -0.3 is 14.4 Å². The third-order valence-electron chi connectivity index (χ3n) is 7.50. The van der Waals surface area contributed by atoms with E-state index in [0.717, 1.165) is 68.8 Å². The number of carbonyl (C=O) groups is 1. The molecule has 5 rings (SSSR count). The molecule has 7 nitrogen and oxygen atoms in total. The van der Waals surface area contributed by atoms with Crippen molar-refractivity contribution in [3.63, 3.8) is 0 Å². The Morgan fingerprint density at radius 1 is 1.27 bits per heavy atom. The van der Waals surface area contributed by atoms with E-state index >= 15 is 0 Å². The summed E-state index contributed by atoms with van der Waals surface area (Å²) in [4.78, 5) is 20.7. The smallest absolute Gasteiger partial charge is 0.260 e. The Balaban J connectivity index is 1.47. The van der Waals surface area contributed by atoms with Gasteiger partial charge in [-0.3, -0.25) is 9.48 Å². The molecule has 3 fully saturated rings. The highest BCUT2D eigenvalue weighted by Crippen LogP contribution is 2.55. The molecule has 1 saturated carbocycles. The summed E-state index contributed by atoms with van der Waals surface area (Å²) < 4.78 is 13.9. The molecular weight excluding hydrogens is 416 g/mol. The van der Waals surface area contributed by atoms with Crippen LogP contribution in [0.1, 0.15) is 79.2 Å². The van der Waals surface area contributed by atoms with E-state index in [4.69, 9.17) is 9.47 Å². The first kappa shape index (κ1) is 22.4. The van der Waals surface area contributed by atoms with Crippen molar-refractivity contribution < 1.29 is 14.3 Å². The molecule has 0 bridgehead atoms. The lowest BCUT2D eigenvalue weighted by Crippen LogP contribution is -2.62. The maximum atomic E-state index is 14.0. The van der Waals surface area contributed by atoms with Gasteiger partial charge in [0.05, 0.1) is 12.2 Å². The highest BCUT2D eigenvalue weighted by Gasteiger charge is 2.56. The van der Waals surface area contributed by atoms with Crippen LogP contribution in [0.3, 0.4) is 0 Å². The number of amides is 1. The standard InChI is InChI=1S/C26H36N4O3/c1-17(2)14-29-15-20(13-27-29)23-26(8-10-32-11-9-26)16-30(23)25(31)22-18(3)12-19(4)28-24(22)33-21-6-5-7-21/h12-13,15,17,21,23H,5-11,14,16H2,1-4H3. The van der Waals surface area contributed by atoms with Gasteiger partial charge >= 0.3 is 0 Å². The second-order valence-electron chi connectivity index (χ2n) is 10.6. The number of aromatic nitrogens is 3. The number of aryl methyl sites for hydroxylation is 2. The minimum Gasteiger partial charge on any atom is -0.474 e. The van der Waals surface area contributed by atoms with Crippen LogP contribution in [0.25, 0.3) is 0 Å². The molecule has 2 aliphatic heterocycles. The molecule has 1 atom stereocenters. The summed E-state index contributed by atoms with van der Waals surface area (Å²) in [5.41, 5.74) is 3.62. The Bertz CT molecular complexity index is 1020. The molecule has 2 aromatic rings. The van der Waals surface area contributed by atoms with Crippen molar-refractivity contribution in [2.24, 2.45) is 11.3 Å². The molecule has 2 aromatic heterocycles. The fourth-order valence-electron chi connectivity index (χ4n) is 5.60. The van der Waals surface area contributed by atoms with Gasteiger partial charge in [0.25, 0.3) is 5.91 Å². The molecule has 178 valence electrons. The van der Waals surface area contributed by atoms with Gasteiger partial charge in [-0.1, -0.05) is 13.8 Å². The van der Waals surface area contributed by atoms with E-state index in [1.54, 1.807) is 0 Å². The van der Waals surface area contributed by atoms with E-state index in [-0.39, 0.29) is 23.5 Å². The van der Waals surface area contributed by atoms with Crippen molar-refractivity contribution in [1.82, 2.24) is 19.7 Å². The summed E-state index contributed by atoms with van der Waals surface area (Å²) in [6, 6.07) is 1.99. The predicted octanol–water partition coefficient (Wildman–Crippen LogP) is 4.48. The van der Waals surface area contributed by atoms with Crippen molar-refractivity contribution in [2.45, 2.75) is 78.5 Å². The third-order valence-corrected chi connectivity index (χ3v) is 7.50.